The van der Waals surface area contributed by atoms with Crippen molar-refractivity contribution in [1.82, 2.24) is 5.32 Å². The van der Waals surface area contributed by atoms with Gasteiger partial charge >= 0.3 is 0 Å². The summed E-state index contributed by atoms with van der Waals surface area (Å²) in [6, 6.07) is -1.40. The number of aldehydes is 1. The monoisotopic (exact) mass is 339 g/mol. The lowest BCUT2D eigenvalue weighted by Crippen LogP contribution is -2.53. The van der Waals surface area contributed by atoms with Crippen LogP contribution in [-0.2, 0) is 14.3 Å². The SMILES string of the molecule is CC(=O)N[C@@H](C=O)[C@@H](O)[C@H](O)[C@H](O)COCC(CO)(CO)CO. The van der Waals surface area contributed by atoms with E-state index in [1.807, 2.05) is 0 Å². The molecule has 0 unspecified atom stereocenters. The molecule has 0 spiro atoms. The highest BCUT2D eigenvalue weighted by molar-refractivity contribution is 5.77. The first kappa shape index (κ1) is 21.9. The molecule has 0 heterocycles. The average Bonchev–Trinajstić information content (AvgIpc) is 2.55. The number of ether oxygens (including phenoxy) is 1. The van der Waals surface area contributed by atoms with Gasteiger partial charge in [0.2, 0.25) is 5.91 Å². The first-order valence-electron chi connectivity index (χ1n) is 6.93. The molecular formula is C13H25NO9. The minimum atomic E-state index is -1.79. The molecule has 0 rings (SSSR count). The first-order chi connectivity index (χ1) is 10.8. The van der Waals surface area contributed by atoms with Gasteiger partial charge in [-0.05, 0) is 0 Å². The van der Waals surface area contributed by atoms with Crippen molar-refractivity contribution in [2.75, 3.05) is 33.0 Å². The Bertz CT molecular complexity index is 353. The molecule has 0 saturated carbocycles. The first-order valence-corrected chi connectivity index (χ1v) is 6.93. The molecule has 10 heteroatoms. The number of carbonyl (C=O) groups excluding carboxylic acids is 2. The maximum atomic E-state index is 10.9. The number of hydrogen-bond acceptors (Lipinski definition) is 9. The van der Waals surface area contributed by atoms with Crippen molar-refractivity contribution < 1.29 is 45.0 Å². The van der Waals surface area contributed by atoms with Gasteiger partial charge in [-0.2, -0.15) is 0 Å². The normalized spacial score (nSPS) is 17.2. The topological polar surface area (TPSA) is 177 Å². The van der Waals surface area contributed by atoms with Crippen molar-refractivity contribution in [2.45, 2.75) is 31.3 Å². The van der Waals surface area contributed by atoms with Crippen LogP contribution in [0, 0.1) is 5.41 Å². The lowest BCUT2D eigenvalue weighted by molar-refractivity contribution is -0.133. The molecule has 0 aliphatic carbocycles. The van der Waals surface area contributed by atoms with Crippen LogP contribution >= 0.6 is 0 Å². The fourth-order valence-electron chi connectivity index (χ4n) is 1.66. The van der Waals surface area contributed by atoms with E-state index in [4.69, 9.17) is 20.1 Å². The molecule has 10 nitrogen and oxygen atoms in total. The van der Waals surface area contributed by atoms with E-state index in [2.05, 4.69) is 5.32 Å². The molecule has 0 saturated heterocycles. The van der Waals surface area contributed by atoms with Gasteiger partial charge < -0.3 is 45.5 Å². The van der Waals surface area contributed by atoms with Crippen LogP contribution in [0.1, 0.15) is 6.92 Å². The molecule has 0 radical (unpaired) electrons. The van der Waals surface area contributed by atoms with Gasteiger partial charge in [0, 0.05) is 6.92 Å². The number of aliphatic hydroxyl groups excluding tert-OH is 6. The summed E-state index contributed by atoms with van der Waals surface area (Å²) in [6.45, 7) is -1.36. The molecule has 4 atom stereocenters. The zero-order valence-corrected chi connectivity index (χ0v) is 12.8. The van der Waals surface area contributed by atoms with Crippen LogP contribution in [0.3, 0.4) is 0 Å². The summed E-state index contributed by atoms with van der Waals surface area (Å²) in [7, 11) is 0. The summed E-state index contributed by atoms with van der Waals surface area (Å²) in [4.78, 5) is 21.7. The molecule has 136 valence electrons. The zero-order chi connectivity index (χ0) is 18.0. The van der Waals surface area contributed by atoms with Crippen molar-refractivity contribution >= 4 is 12.2 Å². The minimum Gasteiger partial charge on any atom is -0.396 e. The largest absolute Gasteiger partial charge is 0.396 e. The maximum Gasteiger partial charge on any atom is 0.217 e. The van der Waals surface area contributed by atoms with Gasteiger partial charge in [0.15, 0.2) is 0 Å². The molecule has 0 fully saturated rings. The summed E-state index contributed by atoms with van der Waals surface area (Å²) in [6.07, 6.45) is -4.93. The van der Waals surface area contributed by atoms with E-state index < -0.39 is 62.1 Å². The molecule has 0 bridgehead atoms. The van der Waals surface area contributed by atoms with Crippen LogP contribution in [0.2, 0.25) is 0 Å². The van der Waals surface area contributed by atoms with Gasteiger partial charge in [-0.3, -0.25) is 4.79 Å². The van der Waals surface area contributed by atoms with Crippen LogP contribution in [0.15, 0.2) is 0 Å². The van der Waals surface area contributed by atoms with Gasteiger partial charge in [-0.25, -0.2) is 0 Å². The van der Waals surface area contributed by atoms with Crippen molar-refractivity contribution in [3.8, 4) is 0 Å². The zero-order valence-electron chi connectivity index (χ0n) is 12.8. The summed E-state index contributed by atoms with van der Waals surface area (Å²) < 4.78 is 5.02. The Morgan fingerprint density at radius 3 is 2.04 bits per heavy atom. The average molecular weight is 339 g/mol. The van der Waals surface area contributed by atoms with Crippen molar-refractivity contribution in [2.24, 2.45) is 5.41 Å². The predicted molar refractivity (Wildman–Crippen MR) is 76.2 cm³/mol. The van der Waals surface area contributed by atoms with Crippen LogP contribution < -0.4 is 5.32 Å². The highest BCUT2D eigenvalue weighted by atomic mass is 16.5. The Morgan fingerprint density at radius 2 is 1.65 bits per heavy atom. The number of amides is 1. The van der Waals surface area contributed by atoms with Crippen molar-refractivity contribution in [3.63, 3.8) is 0 Å². The smallest absolute Gasteiger partial charge is 0.217 e. The summed E-state index contributed by atoms with van der Waals surface area (Å²) in [5, 5.41) is 58.7. The Morgan fingerprint density at radius 1 is 1.13 bits per heavy atom. The molecule has 0 aliphatic rings. The highest BCUT2D eigenvalue weighted by Gasteiger charge is 2.33. The van der Waals surface area contributed by atoms with E-state index in [0.717, 1.165) is 6.92 Å². The summed E-state index contributed by atoms with van der Waals surface area (Å²) >= 11 is 0. The van der Waals surface area contributed by atoms with Gasteiger partial charge in [0.1, 0.15) is 30.6 Å². The second kappa shape index (κ2) is 10.6. The molecule has 1 amide bonds. The number of hydrogen-bond donors (Lipinski definition) is 7. The van der Waals surface area contributed by atoms with Gasteiger partial charge in [-0.1, -0.05) is 0 Å². The van der Waals surface area contributed by atoms with E-state index in [9.17, 15) is 24.9 Å². The Kier molecular flexibility index (Phi) is 10.1. The molecule has 0 aromatic heterocycles. The fraction of sp³-hybridized carbons (Fsp3) is 0.846. The molecule has 0 aromatic carbocycles. The Hall–Kier alpha value is -1.14. The van der Waals surface area contributed by atoms with E-state index in [-0.39, 0.29) is 12.9 Å². The van der Waals surface area contributed by atoms with E-state index in [1.165, 1.54) is 0 Å². The quantitative estimate of drug-likeness (QED) is 0.173. The van der Waals surface area contributed by atoms with Crippen LogP contribution in [0.5, 0.6) is 0 Å². The minimum absolute atomic E-state index is 0.219. The van der Waals surface area contributed by atoms with Crippen molar-refractivity contribution in [1.29, 1.82) is 0 Å². The number of rotatable bonds is 12. The third-order valence-electron chi connectivity index (χ3n) is 3.33. The third kappa shape index (κ3) is 6.87. The standard InChI is InChI=1S/C13H25NO9/c1-8(19)14-9(2-15)11(21)12(22)10(20)3-23-7-13(4-16,5-17)6-18/h2,9-12,16-18,20-22H,3-7H2,1H3,(H,14,19)/t9-,10+,11+,12+/m0/s1. The summed E-state index contributed by atoms with van der Waals surface area (Å²) in [5.41, 5.74) is -1.30. The van der Waals surface area contributed by atoms with Crippen molar-refractivity contribution in [3.05, 3.63) is 0 Å². The highest BCUT2D eigenvalue weighted by Crippen LogP contribution is 2.15. The third-order valence-corrected chi connectivity index (χ3v) is 3.33. The Labute approximate surface area is 133 Å². The van der Waals surface area contributed by atoms with E-state index >= 15 is 0 Å². The lowest BCUT2D eigenvalue weighted by atomic mass is 9.92. The lowest BCUT2D eigenvalue weighted by Gasteiger charge is -2.29. The van der Waals surface area contributed by atoms with Crippen LogP contribution in [0.4, 0.5) is 0 Å². The second-order valence-corrected chi connectivity index (χ2v) is 5.40. The maximum absolute atomic E-state index is 10.9. The van der Waals surface area contributed by atoms with Crippen LogP contribution in [-0.4, -0.2) is 100 Å². The number of aliphatic hydroxyl groups is 6. The summed E-state index contributed by atoms with van der Waals surface area (Å²) in [5.74, 6) is -0.599. The molecule has 23 heavy (non-hydrogen) atoms. The number of carbonyl (C=O) groups is 2. The Balaban J connectivity index is 4.51. The van der Waals surface area contributed by atoms with Gasteiger partial charge in [0.05, 0.1) is 38.4 Å². The second-order valence-electron chi connectivity index (χ2n) is 5.40. The van der Waals surface area contributed by atoms with Crippen LogP contribution in [0.25, 0.3) is 0 Å². The fourth-order valence-corrected chi connectivity index (χ4v) is 1.66. The van der Waals surface area contributed by atoms with E-state index in [0.29, 0.717) is 0 Å². The molecule has 7 N–H and O–H groups in total. The van der Waals surface area contributed by atoms with Gasteiger partial charge in [-0.15, -0.1) is 0 Å². The van der Waals surface area contributed by atoms with Gasteiger partial charge in [0.25, 0.3) is 0 Å². The predicted octanol–water partition coefficient (Wildman–Crippen LogP) is -4.25. The molecule has 0 aliphatic heterocycles. The molecule has 0 aromatic rings. The van der Waals surface area contributed by atoms with E-state index in [1.54, 1.807) is 0 Å². The molecular weight excluding hydrogens is 314 g/mol. The number of nitrogens with one attached hydrogen (secondary N) is 1.